The molecular weight excluding hydrogens is 558 g/mol. The molecule has 0 aliphatic rings. The van der Waals surface area contributed by atoms with Crippen LogP contribution in [0.15, 0.2) is 41.6 Å². The Hall–Kier alpha value is -4.37. The van der Waals surface area contributed by atoms with Gasteiger partial charge in [0, 0.05) is 5.56 Å². The number of nitrogens with one attached hydrogen (secondary N) is 2. The minimum Gasteiger partial charge on any atom is -0.495 e. The van der Waals surface area contributed by atoms with Crippen molar-refractivity contribution in [3.05, 3.63) is 52.8 Å². The predicted octanol–water partition coefficient (Wildman–Crippen LogP) is 3.12. The van der Waals surface area contributed by atoms with Gasteiger partial charge in [-0.3, -0.25) is 19.5 Å². The van der Waals surface area contributed by atoms with Gasteiger partial charge < -0.3 is 24.3 Å². The van der Waals surface area contributed by atoms with Crippen LogP contribution in [0.25, 0.3) is 5.69 Å². The Morgan fingerprint density at radius 3 is 2.25 bits per heavy atom. The summed E-state index contributed by atoms with van der Waals surface area (Å²) in [7, 11) is 5.99. The van der Waals surface area contributed by atoms with Gasteiger partial charge in [-0.05, 0) is 31.2 Å². The number of benzene rings is 2. The molecule has 0 saturated carbocycles. The summed E-state index contributed by atoms with van der Waals surface area (Å²) in [6.07, 6.45) is 0. The molecule has 2 N–H and O–H groups in total. The van der Waals surface area contributed by atoms with E-state index in [1.165, 1.54) is 44.4 Å². The molecular formula is C25H27N7O6S2. The number of nitrogens with zero attached hydrogens (tertiary/aromatic N) is 5. The van der Waals surface area contributed by atoms with Gasteiger partial charge in [0.1, 0.15) is 10.8 Å². The molecule has 0 radical (unpaired) electrons. The van der Waals surface area contributed by atoms with Crippen molar-refractivity contribution in [1.82, 2.24) is 30.3 Å². The molecule has 13 nitrogen and oxygen atoms in total. The maximum atomic E-state index is 13.1. The van der Waals surface area contributed by atoms with Gasteiger partial charge in [-0.25, -0.2) is 0 Å². The average molecular weight is 586 g/mol. The Balaban J connectivity index is 1.57. The molecule has 40 heavy (non-hydrogen) atoms. The summed E-state index contributed by atoms with van der Waals surface area (Å²) >= 11 is 2.46. The first-order valence-electron chi connectivity index (χ1n) is 11.8. The highest BCUT2D eigenvalue weighted by Crippen LogP contribution is 2.38. The Kier molecular flexibility index (Phi) is 9.39. The molecule has 0 spiro atoms. The topological polar surface area (TPSA) is 152 Å². The van der Waals surface area contributed by atoms with Crippen LogP contribution in [-0.4, -0.2) is 71.0 Å². The van der Waals surface area contributed by atoms with E-state index in [0.717, 1.165) is 5.01 Å². The lowest BCUT2D eigenvalue weighted by Crippen LogP contribution is -2.25. The molecule has 0 atom stereocenters. The van der Waals surface area contributed by atoms with Crippen LogP contribution in [0, 0.1) is 6.92 Å². The summed E-state index contributed by atoms with van der Waals surface area (Å²) in [6.45, 7) is 1.83. The van der Waals surface area contributed by atoms with Gasteiger partial charge in [0.15, 0.2) is 22.5 Å². The number of carbonyl (C=O) groups excluding carboxylic acids is 2. The third-order valence-electron chi connectivity index (χ3n) is 5.47. The molecule has 4 aromatic rings. The van der Waals surface area contributed by atoms with Gasteiger partial charge in [0.25, 0.3) is 5.91 Å². The van der Waals surface area contributed by atoms with E-state index in [0.29, 0.717) is 50.4 Å². The van der Waals surface area contributed by atoms with Gasteiger partial charge in [-0.1, -0.05) is 35.2 Å². The standard InChI is InChI=1S/C25H27N7O6S2/c1-14-28-30-24(40-14)27-21(33)13-39-25-31-29-20(32(25)16-8-6-7-9-17(16)35-2)12-26-23(34)15-10-18(36-3)22(38-5)19(11-15)37-4/h6-11H,12-13H2,1-5H3,(H,26,34)(H,27,30,33). The molecule has 0 fully saturated rings. The molecule has 210 valence electrons. The number of carbonyl (C=O) groups is 2. The number of para-hydroxylation sites is 2. The summed E-state index contributed by atoms with van der Waals surface area (Å²) in [5.74, 6) is 1.45. The number of rotatable bonds is 12. The smallest absolute Gasteiger partial charge is 0.251 e. The zero-order chi connectivity index (χ0) is 28.6. The van der Waals surface area contributed by atoms with Gasteiger partial charge in [-0.15, -0.1) is 20.4 Å². The average Bonchev–Trinajstić information content (AvgIpc) is 3.58. The van der Waals surface area contributed by atoms with Gasteiger partial charge in [0.2, 0.25) is 16.8 Å². The van der Waals surface area contributed by atoms with Crippen LogP contribution in [0.3, 0.4) is 0 Å². The SMILES string of the molecule is COc1ccccc1-n1c(CNC(=O)c2cc(OC)c(OC)c(OC)c2)nnc1SCC(=O)Nc1nnc(C)s1. The summed E-state index contributed by atoms with van der Waals surface area (Å²) in [5.41, 5.74) is 0.950. The molecule has 0 unspecified atom stereocenters. The highest BCUT2D eigenvalue weighted by Gasteiger charge is 2.21. The van der Waals surface area contributed by atoms with Crippen LogP contribution in [-0.2, 0) is 11.3 Å². The maximum absolute atomic E-state index is 13.1. The van der Waals surface area contributed by atoms with Crippen LogP contribution in [0.1, 0.15) is 21.2 Å². The highest BCUT2D eigenvalue weighted by atomic mass is 32.2. The molecule has 2 amide bonds. The second-order valence-corrected chi connectivity index (χ2v) is 10.1. The Morgan fingerprint density at radius 1 is 0.925 bits per heavy atom. The van der Waals surface area contributed by atoms with Crippen LogP contribution in [0.2, 0.25) is 0 Å². The fraction of sp³-hybridized carbons (Fsp3) is 0.280. The van der Waals surface area contributed by atoms with Gasteiger partial charge in [0.05, 0.1) is 46.4 Å². The molecule has 2 heterocycles. The number of methoxy groups -OCH3 is 4. The predicted molar refractivity (Wildman–Crippen MR) is 149 cm³/mol. The lowest BCUT2D eigenvalue weighted by atomic mass is 10.1. The molecule has 2 aromatic heterocycles. The van der Waals surface area contributed by atoms with E-state index >= 15 is 0 Å². The molecule has 2 aromatic carbocycles. The fourth-order valence-electron chi connectivity index (χ4n) is 3.67. The first-order valence-corrected chi connectivity index (χ1v) is 13.6. The maximum Gasteiger partial charge on any atom is 0.251 e. The molecule has 0 saturated heterocycles. The lowest BCUT2D eigenvalue weighted by molar-refractivity contribution is -0.113. The number of aryl methyl sites for hydroxylation is 1. The zero-order valence-electron chi connectivity index (χ0n) is 22.4. The normalized spacial score (nSPS) is 10.6. The quantitative estimate of drug-likeness (QED) is 0.236. The van der Waals surface area contributed by atoms with Crippen molar-refractivity contribution in [1.29, 1.82) is 0 Å². The first kappa shape index (κ1) is 28.6. The number of hydrogen-bond donors (Lipinski definition) is 2. The van der Waals surface area contributed by atoms with E-state index in [1.807, 2.05) is 18.2 Å². The second-order valence-electron chi connectivity index (χ2n) is 7.97. The minimum atomic E-state index is -0.394. The number of amides is 2. The van der Waals surface area contributed by atoms with Crippen LogP contribution < -0.4 is 29.6 Å². The van der Waals surface area contributed by atoms with Crippen molar-refractivity contribution in [3.63, 3.8) is 0 Å². The molecule has 0 aliphatic carbocycles. The number of aromatic nitrogens is 5. The van der Waals surface area contributed by atoms with Crippen molar-refractivity contribution in [2.75, 3.05) is 39.5 Å². The van der Waals surface area contributed by atoms with E-state index < -0.39 is 5.91 Å². The largest absolute Gasteiger partial charge is 0.495 e. The Morgan fingerprint density at radius 2 is 1.62 bits per heavy atom. The van der Waals surface area contributed by atoms with Gasteiger partial charge in [-0.2, -0.15) is 0 Å². The Labute approximate surface area is 238 Å². The summed E-state index contributed by atoms with van der Waals surface area (Å²) in [6, 6.07) is 10.4. The van der Waals surface area contributed by atoms with Gasteiger partial charge >= 0.3 is 0 Å². The molecule has 15 heteroatoms. The van der Waals surface area contributed by atoms with Crippen molar-refractivity contribution >= 4 is 40.0 Å². The van der Waals surface area contributed by atoms with E-state index in [2.05, 4.69) is 31.0 Å². The molecule has 0 aliphatic heterocycles. The minimum absolute atomic E-state index is 0.0252. The summed E-state index contributed by atoms with van der Waals surface area (Å²) < 4.78 is 23.3. The van der Waals surface area contributed by atoms with Crippen LogP contribution in [0.5, 0.6) is 23.0 Å². The summed E-state index contributed by atoms with van der Waals surface area (Å²) in [4.78, 5) is 25.6. The van der Waals surface area contributed by atoms with Crippen LogP contribution >= 0.6 is 23.1 Å². The molecule has 0 bridgehead atoms. The third-order valence-corrected chi connectivity index (χ3v) is 7.15. The zero-order valence-corrected chi connectivity index (χ0v) is 24.0. The van der Waals surface area contributed by atoms with Crippen molar-refractivity contribution < 1.29 is 28.5 Å². The number of anilines is 1. The monoisotopic (exact) mass is 585 g/mol. The number of thioether (sulfide) groups is 1. The second kappa shape index (κ2) is 13.1. The van der Waals surface area contributed by atoms with E-state index in [9.17, 15) is 9.59 Å². The van der Waals surface area contributed by atoms with E-state index in [-0.39, 0.29) is 18.2 Å². The number of hydrogen-bond acceptors (Lipinski definition) is 12. The first-order chi connectivity index (χ1) is 19.4. The van der Waals surface area contributed by atoms with E-state index in [4.69, 9.17) is 18.9 Å². The van der Waals surface area contributed by atoms with Crippen molar-refractivity contribution in [3.8, 4) is 28.7 Å². The van der Waals surface area contributed by atoms with Crippen molar-refractivity contribution in [2.45, 2.75) is 18.6 Å². The Bertz CT molecular complexity index is 1480. The fourth-order valence-corrected chi connectivity index (χ4v) is 5.04. The lowest BCUT2D eigenvalue weighted by Gasteiger charge is -2.15. The van der Waals surface area contributed by atoms with E-state index in [1.54, 1.807) is 36.8 Å². The highest BCUT2D eigenvalue weighted by molar-refractivity contribution is 7.99. The van der Waals surface area contributed by atoms with Crippen molar-refractivity contribution in [2.24, 2.45) is 0 Å². The molecule has 4 rings (SSSR count). The third kappa shape index (κ3) is 6.43. The van der Waals surface area contributed by atoms with Crippen LogP contribution in [0.4, 0.5) is 5.13 Å². The summed E-state index contributed by atoms with van der Waals surface area (Å²) in [5, 5.41) is 23.6. The number of ether oxygens (including phenoxy) is 4.